The molecule has 0 radical (unpaired) electrons. The first-order valence-electron chi connectivity index (χ1n) is 5.04. The van der Waals surface area contributed by atoms with Crippen molar-refractivity contribution in [1.82, 2.24) is 0 Å². The van der Waals surface area contributed by atoms with Crippen LogP contribution in [0.3, 0.4) is 0 Å². The van der Waals surface area contributed by atoms with Crippen LogP contribution < -0.4 is 5.32 Å². The average molecular weight is 249 g/mol. The highest BCUT2D eigenvalue weighted by Crippen LogP contribution is 2.16. The molecule has 0 aliphatic rings. The maximum Gasteiger partial charge on any atom is 0.522 e. The van der Waals surface area contributed by atoms with Gasteiger partial charge >= 0.3 is 6.36 Å². The van der Waals surface area contributed by atoms with Crippen molar-refractivity contribution >= 4 is 5.69 Å². The fourth-order valence-electron chi connectivity index (χ4n) is 1.30. The predicted molar refractivity (Wildman–Crippen MR) is 57.7 cm³/mol. The highest BCUT2D eigenvalue weighted by Gasteiger charge is 2.28. The monoisotopic (exact) mass is 249 g/mol. The number of rotatable bonds is 6. The summed E-state index contributed by atoms with van der Waals surface area (Å²) in [6, 6.07) is 7.27. The van der Waals surface area contributed by atoms with Gasteiger partial charge in [-0.2, -0.15) is 0 Å². The van der Waals surface area contributed by atoms with Crippen LogP contribution in [0.4, 0.5) is 18.9 Å². The molecule has 0 aliphatic carbocycles. The van der Waals surface area contributed by atoms with Gasteiger partial charge in [-0.1, -0.05) is 12.1 Å². The summed E-state index contributed by atoms with van der Waals surface area (Å²) in [7, 11) is 1.58. The van der Waals surface area contributed by atoms with E-state index in [1.807, 2.05) is 12.1 Å². The van der Waals surface area contributed by atoms with Gasteiger partial charge in [-0.3, -0.25) is 4.74 Å². The summed E-state index contributed by atoms with van der Waals surface area (Å²) in [4.78, 5) is 0. The van der Waals surface area contributed by atoms with Crippen LogP contribution in [0.25, 0.3) is 0 Å². The third-order valence-electron chi connectivity index (χ3n) is 1.93. The Morgan fingerprint density at radius 1 is 1.29 bits per heavy atom. The maximum atomic E-state index is 11.7. The Hall–Kier alpha value is -1.27. The molecular weight excluding hydrogens is 235 g/mol. The first kappa shape index (κ1) is 13.8. The van der Waals surface area contributed by atoms with Gasteiger partial charge in [-0.25, -0.2) is 0 Å². The normalized spacial score (nSPS) is 11.5. The number of hydrogen-bond acceptors (Lipinski definition) is 3. The third kappa shape index (κ3) is 6.13. The van der Waals surface area contributed by atoms with E-state index in [0.717, 1.165) is 11.3 Å². The second kappa shape index (κ2) is 6.46. The van der Waals surface area contributed by atoms with Crippen LogP contribution in [0, 0.1) is 0 Å². The molecule has 0 spiro atoms. The van der Waals surface area contributed by atoms with Crippen LogP contribution in [0.2, 0.25) is 0 Å². The number of hydrogen-bond donors (Lipinski definition) is 1. The fraction of sp³-hybridized carbons (Fsp3) is 0.455. The topological polar surface area (TPSA) is 30.5 Å². The van der Waals surface area contributed by atoms with Gasteiger partial charge < -0.3 is 10.1 Å². The van der Waals surface area contributed by atoms with E-state index in [0.29, 0.717) is 6.61 Å². The van der Waals surface area contributed by atoms with E-state index in [1.165, 1.54) is 0 Å². The molecule has 0 heterocycles. The highest BCUT2D eigenvalue weighted by molar-refractivity contribution is 5.45. The average Bonchev–Trinajstić information content (AvgIpc) is 2.24. The molecular formula is C11H14F3NO2. The van der Waals surface area contributed by atoms with Crippen molar-refractivity contribution < 1.29 is 22.6 Å². The number of methoxy groups -OCH3 is 1. The lowest BCUT2D eigenvalue weighted by Crippen LogP contribution is -2.19. The fourth-order valence-corrected chi connectivity index (χ4v) is 1.30. The quantitative estimate of drug-likeness (QED) is 0.786. The molecule has 0 aromatic heterocycles. The van der Waals surface area contributed by atoms with Gasteiger partial charge in [0, 0.05) is 19.3 Å². The van der Waals surface area contributed by atoms with E-state index in [4.69, 9.17) is 4.74 Å². The number of nitrogens with one attached hydrogen (secondary N) is 1. The minimum Gasteiger partial charge on any atom is -0.383 e. The second-order valence-corrected chi connectivity index (χ2v) is 3.35. The number of benzene rings is 1. The lowest BCUT2D eigenvalue weighted by Gasteiger charge is -2.10. The number of halogens is 3. The van der Waals surface area contributed by atoms with Crippen LogP contribution >= 0.6 is 0 Å². The summed E-state index contributed by atoms with van der Waals surface area (Å²) in [5, 5.41) is 2.84. The zero-order chi connectivity index (χ0) is 12.7. The summed E-state index contributed by atoms with van der Waals surface area (Å²) in [6.07, 6.45) is -4.57. The van der Waals surface area contributed by atoms with Crippen molar-refractivity contribution in [1.29, 1.82) is 0 Å². The van der Waals surface area contributed by atoms with Gasteiger partial charge in [0.25, 0.3) is 0 Å². The van der Waals surface area contributed by atoms with E-state index < -0.39 is 13.0 Å². The van der Waals surface area contributed by atoms with Gasteiger partial charge in [-0.15, -0.1) is 13.2 Å². The van der Waals surface area contributed by atoms with Crippen LogP contribution in [0.15, 0.2) is 24.3 Å². The zero-order valence-electron chi connectivity index (χ0n) is 9.38. The first-order valence-corrected chi connectivity index (χ1v) is 5.04. The summed E-state index contributed by atoms with van der Waals surface area (Å²) < 4.78 is 43.6. The molecule has 96 valence electrons. The van der Waals surface area contributed by atoms with Gasteiger partial charge in [0.1, 0.15) is 0 Å². The molecule has 1 rings (SSSR count). The van der Waals surface area contributed by atoms with Gasteiger partial charge in [0.05, 0.1) is 13.2 Å². The summed E-state index contributed by atoms with van der Waals surface area (Å²) >= 11 is 0. The zero-order valence-corrected chi connectivity index (χ0v) is 9.38. The first-order chi connectivity index (χ1) is 8.01. The minimum absolute atomic E-state index is 0.0932. The largest absolute Gasteiger partial charge is 0.522 e. The van der Waals surface area contributed by atoms with Gasteiger partial charge in [0.2, 0.25) is 0 Å². The van der Waals surface area contributed by atoms with E-state index in [-0.39, 0.29) is 6.54 Å². The number of alkyl halides is 3. The molecule has 1 aromatic rings. The molecule has 0 saturated carbocycles. The summed E-state index contributed by atoms with van der Waals surface area (Å²) in [5.41, 5.74) is 1.69. The minimum atomic E-state index is -4.57. The molecule has 0 aliphatic heterocycles. The highest BCUT2D eigenvalue weighted by atomic mass is 19.4. The molecule has 6 heteroatoms. The second-order valence-electron chi connectivity index (χ2n) is 3.35. The van der Waals surface area contributed by atoms with Crippen LogP contribution in [-0.2, 0) is 16.1 Å². The Morgan fingerprint density at radius 2 is 2.06 bits per heavy atom. The predicted octanol–water partition coefficient (Wildman–Crippen LogP) is 2.78. The molecule has 3 nitrogen and oxygen atoms in total. The van der Waals surface area contributed by atoms with Crippen molar-refractivity contribution in [2.45, 2.75) is 13.0 Å². The molecule has 1 N–H and O–H groups in total. The summed E-state index contributed by atoms with van der Waals surface area (Å²) in [6.45, 7) is 0.141. The SMILES string of the molecule is COCc1cccc(NCCOC(F)(F)F)c1. The molecule has 0 atom stereocenters. The van der Waals surface area contributed by atoms with Crippen LogP contribution in [0.5, 0.6) is 0 Å². The number of ether oxygens (including phenoxy) is 2. The molecule has 1 aromatic carbocycles. The van der Waals surface area contributed by atoms with Crippen molar-refractivity contribution in [3.8, 4) is 0 Å². The Bertz CT molecular complexity index is 342. The maximum absolute atomic E-state index is 11.7. The van der Waals surface area contributed by atoms with Gasteiger partial charge in [-0.05, 0) is 17.7 Å². The van der Waals surface area contributed by atoms with Crippen LogP contribution in [0.1, 0.15) is 5.56 Å². The van der Waals surface area contributed by atoms with E-state index >= 15 is 0 Å². The van der Waals surface area contributed by atoms with Crippen molar-refractivity contribution in [2.75, 3.05) is 25.6 Å². The standard InChI is InChI=1S/C11H14F3NO2/c1-16-8-9-3-2-4-10(7-9)15-5-6-17-11(12,13)14/h2-4,7,15H,5-6,8H2,1H3. The smallest absolute Gasteiger partial charge is 0.383 e. The molecule has 0 bridgehead atoms. The Morgan fingerprint density at radius 3 is 2.71 bits per heavy atom. The Balaban J connectivity index is 2.34. The van der Waals surface area contributed by atoms with Gasteiger partial charge in [0.15, 0.2) is 0 Å². The summed E-state index contributed by atoms with van der Waals surface area (Å²) in [5.74, 6) is 0. The van der Waals surface area contributed by atoms with E-state index in [1.54, 1.807) is 19.2 Å². The molecule has 0 amide bonds. The lowest BCUT2D eigenvalue weighted by molar-refractivity contribution is -0.322. The molecule has 17 heavy (non-hydrogen) atoms. The Kier molecular flexibility index (Phi) is 5.24. The van der Waals surface area contributed by atoms with Crippen molar-refractivity contribution in [3.63, 3.8) is 0 Å². The third-order valence-corrected chi connectivity index (χ3v) is 1.93. The molecule has 0 saturated heterocycles. The van der Waals surface area contributed by atoms with Crippen LogP contribution in [-0.4, -0.2) is 26.6 Å². The van der Waals surface area contributed by atoms with E-state index in [2.05, 4.69) is 10.1 Å². The Labute approximate surface area is 97.5 Å². The van der Waals surface area contributed by atoms with Crippen molar-refractivity contribution in [2.24, 2.45) is 0 Å². The number of anilines is 1. The van der Waals surface area contributed by atoms with E-state index in [9.17, 15) is 13.2 Å². The van der Waals surface area contributed by atoms with Crippen molar-refractivity contribution in [3.05, 3.63) is 29.8 Å². The lowest BCUT2D eigenvalue weighted by atomic mass is 10.2. The molecule has 0 fully saturated rings. The molecule has 0 unspecified atom stereocenters.